The zero-order valence-corrected chi connectivity index (χ0v) is 19.9. The molecule has 32 heavy (non-hydrogen) atoms. The molecule has 0 aliphatic carbocycles. The number of likely N-dealkylation sites (tertiary alicyclic amines) is 1. The number of hydrogen-bond acceptors (Lipinski definition) is 4. The van der Waals surface area contributed by atoms with E-state index in [2.05, 4.69) is 46.1 Å². The van der Waals surface area contributed by atoms with Crippen LogP contribution < -0.4 is 10.9 Å². The van der Waals surface area contributed by atoms with E-state index in [-0.39, 0.29) is 5.56 Å². The SMILES string of the molecule is CCN1CCC[C@H]1CN(Cc1cc2ccc(C)c(C)c2[nH]c1=O)C(=S)NCc1ccco1. The second-order valence-corrected chi connectivity index (χ2v) is 9.03. The van der Waals surface area contributed by atoms with Crippen molar-refractivity contribution in [3.63, 3.8) is 0 Å². The Balaban J connectivity index is 1.58. The highest BCUT2D eigenvalue weighted by Gasteiger charge is 2.26. The van der Waals surface area contributed by atoms with Gasteiger partial charge in [-0.25, -0.2) is 0 Å². The molecule has 1 saturated heterocycles. The maximum atomic E-state index is 13.0. The summed E-state index contributed by atoms with van der Waals surface area (Å²) in [5.41, 5.74) is 3.87. The van der Waals surface area contributed by atoms with E-state index in [4.69, 9.17) is 16.6 Å². The molecule has 170 valence electrons. The van der Waals surface area contributed by atoms with Gasteiger partial charge >= 0.3 is 0 Å². The van der Waals surface area contributed by atoms with Gasteiger partial charge in [-0.2, -0.15) is 0 Å². The van der Waals surface area contributed by atoms with E-state index in [9.17, 15) is 4.79 Å². The van der Waals surface area contributed by atoms with E-state index in [1.54, 1.807) is 6.26 Å². The number of H-pyrrole nitrogens is 1. The number of aromatic amines is 1. The van der Waals surface area contributed by atoms with Crippen molar-refractivity contribution < 1.29 is 4.42 Å². The number of furan rings is 1. The van der Waals surface area contributed by atoms with Crippen LogP contribution in [-0.4, -0.2) is 45.6 Å². The third kappa shape index (κ3) is 4.89. The summed E-state index contributed by atoms with van der Waals surface area (Å²) < 4.78 is 5.43. The Morgan fingerprint density at radius 1 is 1.34 bits per heavy atom. The number of nitrogens with zero attached hydrogens (tertiary/aromatic N) is 2. The summed E-state index contributed by atoms with van der Waals surface area (Å²) in [7, 11) is 0. The first-order chi connectivity index (χ1) is 15.5. The fourth-order valence-electron chi connectivity index (χ4n) is 4.57. The predicted molar refractivity (Wildman–Crippen MR) is 133 cm³/mol. The molecule has 0 bridgehead atoms. The lowest BCUT2D eigenvalue weighted by Gasteiger charge is -2.32. The molecule has 7 heteroatoms. The van der Waals surface area contributed by atoms with Crippen molar-refractivity contribution in [2.75, 3.05) is 19.6 Å². The number of rotatable bonds is 7. The topological polar surface area (TPSA) is 64.5 Å². The van der Waals surface area contributed by atoms with Crippen LogP contribution in [0.5, 0.6) is 0 Å². The maximum absolute atomic E-state index is 13.0. The van der Waals surface area contributed by atoms with Crippen LogP contribution in [0.15, 0.2) is 45.8 Å². The van der Waals surface area contributed by atoms with Gasteiger partial charge in [0.25, 0.3) is 5.56 Å². The zero-order chi connectivity index (χ0) is 22.7. The van der Waals surface area contributed by atoms with Gasteiger partial charge in [-0.3, -0.25) is 9.69 Å². The van der Waals surface area contributed by atoms with E-state index in [1.807, 2.05) is 25.1 Å². The van der Waals surface area contributed by atoms with E-state index >= 15 is 0 Å². The van der Waals surface area contributed by atoms with Crippen molar-refractivity contribution in [2.45, 2.75) is 52.7 Å². The molecule has 1 aliphatic rings. The van der Waals surface area contributed by atoms with E-state index < -0.39 is 0 Å². The van der Waals surface area contributed by atoms with Crippen LogP contribution in [0.3, 0.4) is 0 Å². The van der Waals surface area contributed by atoms with Gasteiger partial charge in [0.05, 0.1) is 24.9 Å². The van der Waals surface area contributed by atoms with Crippen LogP contribution in [0.25, 0.3) is 10.9 Å². The van der Waals surface area contributed by atoms with Crippen LogP contribution in [0.4, 0.5) is 0 Å². The molecule has 0 spiro atoms. The lowest BCUT2D eigenvalue weighted by molar-refractivity contribution is 0.219. The van der Waals surface area contributed by atoms with Gasteiger partial charge in [0.15, 0.2) is 5.11 Å². The Bertz CT molecular complexity index is 1140. The highest BCUT2D eigenvalue weighted by Crippen LogP contribution is 2.21. The Labute approximate surface area is 194 Å². The molecule has 0 amide bonds. The molecule has 0 unspecified atom stereocenters. The monoisotopic (exact) mass is 452 g/mol. The van der Waals surface area contributed by atoms with Gasteiger partial charge in [-0.15, -0.1) is 0 Å². The van der Waals surface area contributed by atoms with Crippen LogP contribution in [0.1, 0.15) is 42.2 Å². The number of benzene rings is 1. The van der Waals surface area contributed by atoms with E-state index in [1.165, 1.54) is 12.0 Å². The summed E-state index contributed by atoms with van der Waals surface area (Å²) in [5.74, 6) is 0.831. The van der Waals surface area contributed by atoms with Gasteiger partial charge in [-0.05, 0) is 86.7 Å². The van der Waals surface area contributed by atoms with Gasteiger partial charge < -0.3 is 19.6 Å². The van der Waals surface area contributed by atoms with Crippen LogP contribution in [0.2, 0.25) is 0 Å². The lowest BCUT2D eigenvalue weighted by atomic mass is 10.0. The number of likely N-dealkylation sites (N-methyl/N-ethyl adjacent to an activating group) is 1. The second-order valence-electron chi connectivity index (χ2n) is 8.64. The number of aromatic nitrogens is 1. The van der Waals surface area contributed by atoms with Crippen LogP contribution in [-0.2, 0) is 13.1 Å². The summed E-state index contributed by atoms with van der Waals surface area (Å²) in [6.45, 7) is 10.3. The molecule has 4 rings (SSSR count). The third-order valence-corrected chi connectivity index (χ3v) is 7.01. The number of aryl methyl sites for hydroxylation is 2. The first kappa shape index (κ1) is 22.6. The van der Waals surface area contributed by atoms with Gasteiger partial charge in [-0.1, -0.05) is 19.1 Å². The molecule has 1 aromatic carbocycles. The molecule has 3 heterocycles. The number of nitrogens with one attached hydrogen (secondary N) is 2. The Morgan fingerprint density at radius 3 is 2.94 bits per heavy atom. The van der Waals surface area contributed by atoms with E-state index in [0.717, 1.165) is 53.8 Å². The number of fused-ring (bicyclic) bond motifs is 1. The number of pyridine rings is 1. The Hall–Kier alpha value is -2.64. The second kappa shape index (κ2) is 9.88. The summed E-state index contributed by atoms with van der Waals surface area (Å²) in [6.07, 6.45) is 4.01. The van der Waals surface area contributed by atoms with Crippen molar-refractivity contribution >= 4 is 28.2 Å². The standard InChI is InChI=1S/C25H32N4O2S/c1-4-28-11-5-7-21(28)16-29(25(32)26-14-22-8-6-12-31-22)15-20-13-19-10-9-17(2)18(3)23(19)27-24(20)30/h6,8-10,12-13,21H,4-5,7,11,14-16H2,1-3H3,(H,26,32)(H,27,30)/t21-/m0/s1. The minimum Gasteiger partial charge on any atom is -0.467 e. The van der Waals surface area contributed by atoms with E-state index in [0.29, 0.717) is 24.2 Å². The van der Waals surface area contributed by atoms with Crippen LogP contribution >= 0.6 is 12.2 Å². The smallest absolute Gasteiger partial charge is 0.253 e. The first-order valence-electron chi connectivity index (χ1n) is 11.4. The number of thiocarbonyl (C=S) groups is 1. The molecule has 0 radical (unpaired) electrons. The van der Waals surface area contributed by atoms with Crippen molar-refractivity contribution in [3.05, 3.63) is 69.4 Å². The minimum absolute atomic E-state index is 0.0520. The molecule has 2 aromatic heterocycles. The molecular formula is C25H32N4O2S. The largest absolute Gasteiger partial charge is 0.467 e. The average molecular weight is 453 g/mol. The summed E-state index contributed by atoms with van der Waals surface area (Å²) >= 11 is 5.78. The molecule has 6 nitrogen and oxygen atoms in total. The van der Waals surface area contributed by atoms with Crippen molar-refractivity contribution in [3.8, 4) is 0 Å². The van der Waals surface area contributed by atoms with Crippen molar-refractivity contribution in [1.82, 2.24) is 20.1 Å². The molecule has 1 atom stereocenters. The average Bonchev–Trinajstić information content (AvgIpc) is 3.47. The maximum Gasteiger partial charge on any atom is 0.253 e. The van der Waals surface area contributed by atoms with Gasteiger partial charge in [0.2, 0.25) is 0 Å². The summed E-state index contributed by atoms with van der Waals surface area (Å²) in [4.78, 5) is 20.7. The molecule has 2 N–H and O–H groups in total. The molecule has 1 aliphatic heterocycles. The molecule has 1 fully saturated rings. The van der Waals surface area contributed by atoms with Crippen molar-refractivity contribution in [2.24, 2.45) is 0 Å². The molecule has 0 saturated carbocycles. The highest BCUT2D eigenvalue weighted by atomic mass is 32.1. The van der Waals surface area contributed by atoms with Gasteiger partial charge in [0, 0.05) is 18.2 Å². The fourth-order valence-corrected chi connectivity index (χ4v) is 4.78. The van der Waals surface area contributed by atoms with Crippen molar-refractivity contribution in [1.29, 1.82) is 0 Å². The van der Waals surface area contributed by atoms with Crippen LogP contribution in [0, 0.1) is 13.8 Å². The van der Waals surface area contributed by atoms with Gasteiger partial charge in [0.1, 0.15) is 5.76 Å². The third-order valence-electron chi connectivity index (χ3n) is 6.61. The lowest BCUT2D eigenvalue weighted by Crippen LogP contribution is -2.46. The minimum atomic E-state index is -0.0520. The number of hydrogen-bond donors (Lipinski definition) is 2. The first-order valence-corrected chi connectivity index (χ1v) is 11.8. The highest BCUT2D eigenvalue weighted by molar-refractivity contribution is 7.80. The Morgan fingerprint density at radius 2 is 2.19 bits per heavy atom. The molecular weight excluding hydrogens is 420 g/mol. The fraction of sp³-hybridized carbons (Fsp3) is 0.440. The quantitative estimate of drug-likeness (QED) is 0.526. The predicted octanol–water partition coefficient (Wildman–Crippen LogP) is 4.10. The summed E-state index contributed by atoms with van der Waals surface area (Å²) in [6, 6.07) is 10.4. The molecule has 3 aromatic rings. The normalized spacial score (nSPS) is 16.5. The zero-order valence-electron chi connectivity index (χ0n) is 19.1. The Kier molecular flexibility index (Phi) is 6.96. The summed E-state index contributed by atoms with van der Waals surface area (Å²) in [5, 5.41) is 5.01.